The number of ketones is 5. The fraction of sp³-hybridized carbons (Fsp3) is 0.488. The number of hydrogen-bond donors (Lipinski definition) is 8. The quantitative estimate of drug-likeness (QED) is 0.0126. The maximum Gasteiger partial charge on any atom is 0.251 e. The summed E-state index contributed by atoms with van der Waals surface area (Å²) in [4.78, 5) is 135. The molecule has 0 fully saturated rings. The van der Waals surface area contributed by atoms with Crippen LogP contribution in [0.25, 0.3) is 0 Å². The number of Topliss-reactive ketones (excluding diaryl/α,β-unsaturated/α-hetero) is 5. The molecule has 0 spiro atoms. The summed E-state index contributed by atoms with van der Waals surface area (Å²) in [5.74, 6) is -6.75. The largest absolute Gasteiger partial charge is 0.365 e. The fourth-order valence-corrected chi connectivity index (χ4v) is 6.53. The van der Waals surface area contributed by atoms with Crippen LogP contribution in [0, 0.1) is 20.2 Å². The summed E-state index contributed by atoms with van der Waals surface area (Å²) >= 11 is 0. The molecule has 3 amide bonds. The first-order valence-electron chi connectivity index (χ1n) is 21.3. The van der Waals surface area contributed by atoms with Gasteiger partial charge in [0.15, 0.2) is 33.2 Å². The zero-order valence-corrected chi connectivity index (χ0v) is 37.9. The van der Waals surface area contributed by atoms with E-state index in [1.807, 2.05) is 0 Å². The average Bonchev–Trinajstić information content (AvgIpc) is 3.21. The van der Waals surface area contributed by atoms with Crippen molar-refractivity contribution in [2.75, 3.05) is 13.1 Å². The molecule has 2 aromatic rings. The molecule has 0 bridgehead atoms. The van der Waals surface area contributed by atoms with E-state index in [1.165, 1.54) is 6.92 Å². The van der Waals surface area contributed by atoms with Gasteiger partial charge in [0.2, 0.25) is 17.7 Å². The highest BCUT2D eigenvalue weighted by Gasteiger charge is 2.31. The van der Waals surface area contributed by atoms with Gasteiger partial charge in [0.1, 0.15) is 12.2 Å². The second-order valence-electron chi connectivity index (χ2n) is 16.5. The number of guanidine groups is 2. The molecular formula is C43H60N12O12. The monoisotopic (exact) mass is 936 g/mol. The highest BCUT2D eigenvalue weighted by atomic mass is 16.7. The number of benzene rings is 2. The van der Waals surface area contributed by atoms with Gasteiger partial charge < -0.3 is 32.7 Å². The van der Waals surface area contributed by atoms with Crippen molar-refractivity contribution in [2.45, 2.75) is 122 Å². The summed E-state index contributed by atoms with van der Waals surface area (Å²) in [7, 11) is 0. The Kier molecular flexibility index (Phi) is 23.6. The Hall–Kier alpha value is -7.50. The maximum atomic E-state index is 13.8. The van der Waals surface area contributed by atoms with Crippen LogP contribution in [0.5, 0.6) is 0 Å². The molecule has 0 aliphatic heterocycles. The van der Waals surface area contributed by atoms with Crippen molar-refractivity contribution in [1.82, 2.24) is 32.1 Å². The van der Waals surface area contributed by atoms with Crippen LogP contribution in [0.1, 0.15) is 90.2 Å². The third-order valence-electron chi connectivity index (χ3n) is 9.44. The highest BCUT2D eigenvalue weighted by Crippen LogP contribution is 2.14. The number of hydrogen-bond acceptors (Lipinski definition) is 15. The minimum Gasteiger partial charge on any atom is -0.365 e. The van der Waals surface area contributed by atoms with Crippen molar-refractivity contribution in [1.29, 1.82) is 0 Å². The molecule has 2 aromatic carbocycles. The number of amides is 3. The van der Waals surface area contributed by atoms with Crippen LogP contribution in [0.2, 0.25) is 0 Å². The average molecular weight is 937 g/mol. The number of nitro groups is 2. The maximum absolute atomic E-state index is 13.8. The van der Waals surface area contributed by atoms with E-state index in [0.29, 0.717) is 11.1 Å². The number of nitrogens with one attached hydrogen (secondary N) is 6. The second-order valence-corrected chi connectivity index (χ2v) is 16.5. The molecule has 0 aliphatic carbocycles. The minimum absolute atomic E-state index is 0.00917. The van der Waals surface area contributed by atoms with Crippen molar-refractivity contribution in [3.05, 3.63) is 92.0 Å². The summed E-state index contributed by atoms with van der Waals surface area (Å²) in [6.07, 6.45) is -2.62. The molecule has 10 N–H and O–H groups in total. The Balaban J connectivity index is 2.29. The summed E-state index contributed by atoms with van der Waals surface area (Å²) in [6, 6.07) is 12.4. The molecule has 0 aromatic heterocycles. The van der Waals surface area contributed by atoms with E-state index < -0.39 is 124 Å². The van der Waals surface area contributed by atoms with Crippen molar-refractivity contribution >= 4 is 58.6 Å². The topological polar surface area (TPSA) is 372 Å². The third-order valence-corrected chi connectivity index (χ3v) is 9.44. The van der Waals surface area contributed by atoms with E-state index in [-0.39, 0.29) is 51.6 Å². The van der Waals surface area contributed by atoms with Gasteiger partial charge in [0.05, 0.1) is 43.4 Å². The predicted octanol–water partition coefficient (Wildman–Crippen LogP) is -0.139. The van der Waals surface area contributed by atoms with Gasteiger partial charge in [0, 0.05) is 18.6 Å². The van der Waals surface area contributed by atoms with Crippen molar-refractivity contribution < 1.29 is 48.4 Å². The van der Waals surface area contributed by atoms with Crippen LogP contribution in [-0.4, -0.2) is 111 Å². The molecule has 364 valence electrons. The molecule has 0 radical (unpaired) electrons. The molecule has 4 unspecified atom stereocenters. The molecule has 0 saturated heterocycles. The van der Waals surface area contributed by atoms with E-state index in [1.54, 1.807) is 92.3 Å². The molecule has 0 saturated carbocycles. The van der Waals surface area contributed by atoms with E-state index in [0.717, 1.165) is 0 Å². The molecule has 67 heavy (non-hydrogen) atoms. The number of carbonyl (C=O) groups excluding carboxylic acids is 8. The molecule has 4 atom stereocenters. The van der Waals surface area contributed by atoms with E-state index in [2.05, 4.69) is 31.3 Å². The first kappa shape index (κ1) is 55.6. The molecule has 24 nitrogen and oxygen atoms in total. The van der Waals surface area contributed by atoms with Crippen LogP contribution in [0.3, 0.4) is 0 Å². The lowest BCUT2D eigenvalue weighted by Crippen LogP contribution is -2.50. The number of nitrogens with zero attached hydrogens (tertiary/aromatic N) is 4. The summed E-state index contributed by atoms with van der Waals surface area (Å²) in [5, 5.41) is 30.2. The molecule has 0 heterocycles. The Labute approximate surface area is 386 Å². The lowest BCUT2D eigenvalue weighted by Gasteiger charge is -2.28. The van der Waals surface area contributed by atoms with Gasteiger partial charge >= 0.3 is 0 Å². The van der Waals surface area contributed by atoms with Gasteiger partial charge in [-0.05, 0) is 77.3 Å². The third kappa shape index (κ3) is 24.4. The normalized spacial score (nSPS) is 13.4. The van der Waals surface area contributed by atoms with E-state index >= 15 is 0 Å². The van der Waals surface area contributed by atoms with E-state index in [9.17, 15) is 58.6 Å². The van der Waals surface area contributed by atoms with Crippen LogP contribution in [0.15, 0.2) is 70.6 Å². The molecular weight excluding hydrogens is 877 g/mol. The molecule has 2 rings (SSSR count). The number of hydrazine groups is 2. The number of nitrogens with two attached hydrogens (primary N) is 2. The summed E-state index contributed by atoms with van der Waals surface area (Å²) in [5.41, 5.74) is 15.0. The van der Waals surface area contributed by atoms with Crippen molar-refractivity contribution in [2.24, 2.45) is 21.5 Å². The van der Waals surface area contributed by atoms with Crippen molar-refractivity contribution in [3.8, 4) is 0 Å². The fourth-order valence-electron chi connectivity index (χ4n) is 6.53. The minimum atomic E-state index is -1.36. The Morgan fingerprint density at radius 1 is 0.567 bits per heavy atom. The molecule has 0 aliphatic rings. The van der Waals surface area contributed by atoms with Crippen LogP contribution in [0.4, 0.5) is 0 Å². The lowest BCUT2D eigenvalue weighted by atomic mass is 9.94. The number of aliphatic imine (C=N–C) groups is 2. The summed E-state index contributed by atoms with van der Waals surface area (Å²) in [6.45, 7) is 6.45. The number of carbonyl (C=O) groups is 8. The zero-order valence-electron chi connectivity index (χ0n) is 37.9. The van der Waals surface area contributed by atoms with Gasteiger partial charge in [-0.1, -0.05) is 71.5 Å². The van der Waals surface area contributed by atoms with Gasteiger partial charge in [-0.25, -0.2) is 30.2 Å². The molecule has 24 heteroatoms. The van der Waals surface area contributed by atoms with Crippen LogP contribution < -0.4 is 43.6 Å². The highest BCUT2D eigenvalue weighted by molar-refractivity contribution is 6.08. The van der Waals surface area contributed by atoms with Crippen molar-refractivity contribution in [3.63, 3.8) is 0 Å². The summed E-state index contributed by atoms with van der Waals surface area (Å²) < 4.78 is 0. The Morgan fingerprint density at radius 2 is 0.925 bits per heavy atom. The van der Waals surface area contributed by atoms with Gasteiger partial charge in [-0.2, -0.15) is 0 Å². The first-order chi connectivity index (χ1) is 31.5. The van der Waals surface area contributed by atoms with Gasteiger partial charge in [-0.15, -0.1) is 0 Å². The predicted molar refractivity (Wildman–Crippen MR) is 244 cm³/mol. The standard InChI is InChI=1S/C43H60N12O12/c1-27(56)21-38(61)49-32(22-28-13-7-5-8-14-28)36(59)25-37(60)33(23-29-15-9-6-10-16-29)50-40(63)26-39(62)48-30(17-11-19-46-41(44)52-54(64)65)34(57)24-35(58)31(51-43(2,3)4)18-12-20-47-42(45)53-55(66)67/h5-10,13-16,30-33,51H,11-12,17-26H2,1-4H3,(H,48,62)(H,49,61)(H,50,63)(H3,44,46,52)(H3,45,47,53). The smallest absolute Gasteiger partial charge is 0.251 e. The Bertz CT molecular complexity index is 2130. The number of rotatable bonds is 30. The van der Waals surface area contributed by atoms with Crippen LogP contribution in [-0.2, 0) is 51.2 Å². The second kappa shape index (κ2) is 28.4. The zero-order chi connectivity index (χ0) is 50.1. The van der Waals surface area contributed by atoms with Crippen LogP contribution >= 0.6 is 0 Å². The first-order valence-corrected chi connectivity index (χ1v) is 21.3. The lowest BCUT2D eigenvalue weighted by molar-refractivity contribution is -0.525. The Morgan fingerprint density at radius 3 is 1.31 bits per heavy atom. The van der Waals surface area contributed by atoms with Gasteiger partial charge in [0.25, 0.3) is 11.9 Å². The SMILES string of the molecule is CC(=O)CC(=O)NC(Cc1ccccc1)C(=O)CC(=O)C(Cc1ccccc1)NC(=O)CC(=O)NC(CCCN=C(N)N[N+](=O)[O-])C(=O)CC(=O)C(CCCN=C(N)N[N+](=O)[O-])NC(C)(C)C. The van der Waals surface area contributed by atoms with Gasteiger partial charge in [-0.3, -0.25) is 38.4 Å². The van der Waals surface area contributed by atoms with E-state index in [4.69, 9.17) is 11.5 Å².